The van der Waals surface area contributed by atoms with Crippen LogP contribution in [0.1, 0.15) is 38.2 Å². The minimum absolute atomic E-state index is 0.0303. The van der Waals surface area contributed by atoms with Gasteiger partial charge in [0.1, 0.15) is 5.38 Å². The van der Waals surface area contributed by atoms with E-state index in [-0.39, 0.29) is 11.9 Å². The van der Waals surface area contributed by atoms with Gasteiger partial charge in [0.2, 0.25) is 11.7 Å². The average molecular weight is 356 g/mol. The summed E-state index contributed by atoms with van der Waals surface area (Å²) in [6, 6.07) is 4.02. The lowest BCUT2D eigenvalue weighted by Crippen LogP contribution is -2.41. The molecule has 1 unspecified atom stereocenters. The van der Waals surface area contributed by atoms with Gasteiger partial charge in [-0.15, -0.1) is 11.6 Å². The maximum absolute atomic E-state index is 12.6. The molecule has 0 aliphatic heterocycles. The minimum Gasteiger partial charge on any atom is -0.493 e. The number of alkyl halides is 1. The Hall–Kier alpha value is -1.62. The van der Waals surface area contributed by atoms with E-state index in [1.165, 1.54) is 0 Å². The first-order chi connectivity index (χ1) is 11.5. The molecular weight excluding hydrogens is 330 g/mol. The molecule has 0 aromatic heterocycles. The molecule has 0 radical (unpaired) electrons. The molecule has 1 amide bonds. The van der Waals surface area contributed by atoms with Gasteiger partial charge < -0.3 is 19.1 Å². The van der Waals surface area contributed by atoms with Crippen molar-refractivity contribution in [3.8, 4) is 17.2 Å². The normalized spacial score (nSPS) is 15.9. The number of carbonyl (C=O) groups excluding carboxylic acids is 1. The zero-order valence-electron chi connectivity index (χ0n) is 14.8. The van der Waals surface area contributed by atoms with Crippen molar-refractivity contribution in [3.63, 3.8) is 0 Å². The molecule has 0 N–H and O–H groups in total. The van der Waals surface area contributed by atoms with Crippen molar-refractivity contribution in [3.05, 3.63) is 17.7 Å². The Labute approximate surface area is 148 Å². The maximum atomic E-state index is 12.6. The van der Waals surface area contributed by atoms with Crippen LogP contribution < -0.4 is 14.2 Å². The summed E-state index contributed by atoms with van der Waals surface area (Å²) in [5.74, 6) is 1.69. The second-order valence-electron chi connectivity index (χ2n) is 6.05. The molecule has 1 fully saturated rings. The molecule has 1 atom stereocenters. The Morgan fingerprint density at radius 1 is 1.17 bits per heavy atom. The van der Waals surface area contributed by atoms with Crippen molar-refractivity contribution < 1.29 is 19.0 Å². The highest BCUT2D eigenvalue weighted by molar-refractivity contribution is 6.30. The Kier molecular flexibility index (Phi) is 6.60. The molecule has 5 nitrogen and oxygen atoms in total. The van der Waals surface area contributed by atoms with E-state index in [1.54, 1.807) is 28.3 Å². The van der Waals surface area contributed by atoms with Crippen LogP contribution in [0.2, 0.25) is 0 Å². The first kappa shape index (κ1) is 18.7. The molecule has 6 heteroatoms. The SMILES string of the molecule is COc1cc(CN(C(=O)C(C)Cl)C2CCCC2)cc(OC)c1OC. The highest BCUT2D eigenvalue weighted by atomic mass is 35.5. The third-order valence-electron chi connectivity index (χ3n) is 4.47. The molecule has 1 saturated carbocycles. The largest absolute Gasteiger partial charge is 0.493 e. The van der Waals surface area contributed by atoms with Gasteiger partial charge >= 0.3 is 0 Å². The van der Waals surface area contributed by atoms with E-state index in [0.29, 0.717) is 23.8 Å². The van der Waals surface area contributed by atoms with Gasteiger partial charge in [-0.3, -0.25) is 4.79 Å². The number of rotatable bonds is 7. The minimum atomic E-state index is -0.535. The van der Waals surface area contributed by atoms with E-state index in [0.717, 1.165) is 31.2 Å². The van der Waals surface area contributed by atoms with Gasteiger partial charge in [-0.2, -0.15) is 0 Å². The van der Waals surface area contributed by atoms with E-state index in [4.69, 9.17) is 25.8 Å². The number of halogens is 1. The topological polar surface area (TPSA) is 48.0 Å². The molecule has 1 aromatic rings. The number of hydrogen-bond donors (Lipinski definition) is 0. The number of methoxy groups -OCH3 is 3. The van der Waals surface area contributed by atoms with Crippen molar-refractivity contribution in [2.24, 2.45) is 0 Å². The first-order valence-electron chi connectivity index (χ1n) is 8.25. The molecule has 0 heterocycles. The van der Waals surface area contributed by atoms with Crippen molar-refractivity contribution >= 4 is 17.5 Å². The zero-order valence-corrected chi connectivity index (χ0v) is 15.6. The molecule has 2 rings (SSSR count). The lowest BCUT2D eigenvalue weighted by molar-refractivity contribution is -0.133. The molecule has 1 aromatic carbocycles. The second kappa shape index (κ2) is 8.47. The fraction of sp³-hybridized carbons (Fsp3) is 0.611. The van der Waals surface area contributed by atoms with E-state index >= 15 is 0 Å². The summed E-state index contributed by atoms with van der Waals surface area (Å²) in [7, 11) is 4.74. The Morgan fingerprint density at radius 3 is 2.12 bits per heavy atom. The van der Waals surface area contributed by atoms with Crippen LogP contribution >= 0.6 is 11.6 Å². The fourth-order valence-electron chi connectivity index (χ4n) is 3.25. The highest BCUT2D eigenvalue weighted by Crippen LogP contribution is 2.39. The third kappa shape index (κ3) is 4.07. The maximum Gasteiger partial charge on any atom is 0.240 e. The standard InChI is InChI=1S/C18H26ClNO4/c1-12(19)18(21)20(14-7-5-6-8-14)11-13-9-15(22-2)17(24-4)16(10-13)23-3/h9-10,12,14H,5-8,11H2,1-4H3. The zero-order chi connectivity index (χ0) is 17.7. The second-order valence-corrected chi connectivity index (χ2v) is 6.71. The lowest BCUT2D eigenvalue weighted by atomic mass is 10.1. The van der Waals surface area contributed by atoms with Crippen LogP contribution in [-0.2, 0) is 11.3 Å². The summed E-state index contributed by atoms with van der Waals surface area (Å²) in [4.78, 5) is 14.5. The van der Waals surface area contributed by atoms with Gasteiger partial charge in [0.05, 0.1) is 21.3 Å². The lowest BCUT2D eigenvalue weighted by Gasteiger charge is -2.30. The van der Waals surface area contributed by atoms with Crippen LogP contribution in [0.3, 0.4) is 0 Å². The quantitative estimate of drug-likeness (QED) is 0.701. The Morgan fingerprint density at radius 2 is 1.71 bits per heavy atom. The van der Waals surface area contributed by atoms with Crippen molar-refractivity contribution in [1.29, 1.82) is 0 Å². The predicted octanol–water partition coefficient (Wildman–Crippen LogP) is 3.61. The van der Waals surface area contributed by atoms with Gasteiger partial charge in [-0.25, -0.2) is 0 Å². The third-order valence-corrected chi connectivity index (χ3v) is 4.65. The van der Waals surface area contributed by atoms with E-state index < -0.39 is 5.38 Å². The summed E-state index contributed by atoms with van der Waals surface area (Å²) >= 11 is 6.07. The van der Waals surface area contributed by atoms with Crippen LogP contribution in [-0.4, -0.2) is 43.6 Å². The monoisotopic (exact) mass is 355 g/mol. The number of ether oxygens (including phenoxy) is 3. The van der Waals surface area contributed by atoms with Gasteiger partial charge in [-0.1, -0.05) is 12.8 Å². The molecule has 0 bridgehead atoms. The molecule has 1 aliphatic rings. The summed E-state index contributed by atoms with van der Waals surface area (Å²) in [6.45, 7) is 2.21. The number of carbonyl (C=O) groups is 1. The van der Waals surface area contributed by atoms with Crippen molar-refractivity contribution in [2.75, 3.05) is 21.3 Å². The van der Waals surface area contributed by atoms with Crippen molar-refractivity contribution in [1.82, 2.24) is 4.90 Å². The molecule has 24 heavy (non-hydrogen) atoms. The van der Waals surface area contributed by atoms with Crippen LogP contribution in [0.4, 0.5) is 0 Å². The van der Waals surface area contributed by atoms with Crippen molar-refractivity contribution in [2.45, 2.75) is 50.6 Å². The smallest absolute Gasteiger partial charge is 0.240 e. The fourth-order valence-corrected chi connectivity index (χ4v) is 3.38. The molecule has 134 valence electrons. The van der Waals surface area contributed by atoms with Crippen LogP contribution in [0.15, 0.2) is 12.1 Å². The molecule has 0 saturated heterocycles. The van der Waals surface area contributed by atoms with Gasteiger partial charge in [0.15, 0.2) is 11.5 Å². The summed E-state index contributed by atoms with van der Waals surface area (Å²) in [6.07, 6.45) is 4.36. The number of hydrogen-bond acceptors (Lipinski definition) is 4. The van der Waals surface area contributed by atoms with Crippen LogP contribution in [0.25, 0.3) is 0 Å². The molecule has 1 aliphatic carbocycles. The summed E-state index contributed by atoms with van der Waals surface area (Å²) < 4.78 is 16.2. The van der Waals surface area contributed by atoms with E-state index in [1.807, 2.05) is 17.0 Å². The number of amides is 1. The highest BCUT2D eigenvalue weighted by Gasteiger charge is 2.29. The number of benzene rings is 1. The van der Waals surface area contributed by atoms with Crippen LogP contribution in [0.5, 0.6) is 17.2 Å². The van der Waals surface area contributed by atoms with Crippen LogP contribution in [0, 0.1) is 0 Å². The predicted molar refractivity (Wildman–Crippen MR) is 94.2 cm³/mol. The van der Waals surface area contributed by atoms with E-state index in [2.05, 4.69) is 0 Å². The Bertz CT molecular complexity index is 545. The van der Waals surface area contributed by atoms with Gasteiger partial charge in [0, 0.05) is 12.6 Å². The Balaban J connectivity index is 2.32. The number of nitrogens with zero attached hydrogens (tertiary/aromatic N) is 1. The first-order valence-corrected chi connectivity index (χ1v) is 8.68. The summed E-state index contributed by atoms with van der Waals surface area (Å²) in [5, 5.41) is -0.535. The van der Waals surface area contributed by atoms with Gasteiger partial charge in [-0.05, 0) is 37.5 Å². The molecular formula is C18H26ClNO4. The summed E-state index contributed by atoms with van der Waals surface area (Å²) in [5.41, 5.74) is 0.932. The van der Waals surface area contributed by atoms with Gasteiger partial charge in [0.25, 0.3) is 0 Å². The van der Waals surface area contributed by atoms with E-state index in [9.17, 15) is 4.79 Å². The average Bonchev–Trinajstić information content (AvgIpc) is 3.12. The molecule has 0 spiro atoms.